The summed E-state index contributed by atoms with van der Waals surface area (Å²) in [6, 6.07) is 3.50. The number of nitriles is 2. The van der Waals surface area contributed by atoms with Crippen LogP contribution in [0.2, 0.25) is 0 Å². The van der Waals surface area contributed by atoms with Crippen LogP contribution in [0.3, 0.4) is 0 Å². The van der Waals surface area contributed by atoms with Gasteiger partial charge in [-0.2, -0.15) is 23.7 Å². The number of allylic oxidation sites excluding steroid dienone is 4. The van der Waals surface area contributed by atoms with E-state index < -0.39 is 15.6 Å². The summed E-state index contributed by atoms with van der Waals surface area (Å²) in [7, 11) is -6.09. The predicted molar refractivity (Wildman–Crippen MR) is 75.1 cm³/mol. The minimum atomic E-state index is -6.09. The van der Waals surface area contributed by atoms with Crippen molar-refractivity contribution < 1.29 is 45.6 Å². The molecule has 0 aromatic rings. The van der Waals surface area contributed by atoms with Crippen molar-refractivity contribution in [3.05, 3.63) is 24.3 Å². The van der Waals surface area contributed by atoms with Gasteiger partial charge >= 0.3 is 5.51 Å². The Morgan fingerprint density at radius 2 is 1.22 bits per heavy atom. The summed E-state index contributed by atoms with van der Waals surface area (Å²) >= 11 is 0. The molecule has 0 aliphatic heterocycles. The molecule has 10 heteroatoms. The first kappa shape index (κ1) is 29.8. The second kappa shape index (κ2) is 18.8. The molecule has 0 amide bonds. The number of hydrogen-bond donors (Lipinski definition) is 0. The zero-order chi connectivity index (χ0) is 18.1. The number of hydrogen-bond acceptors (Lipinski definition) is 5. The molecule has 1 radical (unpaired) electrons. The number of alkyl halides is 3. The van der Waals surface area contributed by atoms with Crippen molar-refractivity contribution in [2.45, 2.75) is 45.0 Å². The first-order valence-corrected chi connectivity index (χ1v) is 7.44. The zero-order valence-electron chi connectivity index (χ0n) is 12.6. The fourth-order valence-electron chi connectivity index (χ4n) is 0.874. The first-order chi connectivity index (χ1) is 10.1. The summed E-state index contributed by atoms with van der Waals surface area (Å²) < 4.78 is 58.9. The van der Waals surface area contributed by atoms with Gasteiger partial charge in [-0.05, 0) is 25.7 Å². The maximum absolute atomic E-state index is 10.7. The second-order valence-corrected chi connectivity index (χ2v) is 4.86. The third-order valence-corrected chi connectivity index (χ3v) is 2.23. The molecule has 0 saturated heterocycles. The summed E-state index contributed by atoms with van der Waals surface area (Å²) in [6.07, 6.45) is 14.0. The topological polar surface area (TPSA) is 105 Å². The van der Waals surface area contributed by atoms with E-state index >= 15 is 0 Å². The third kappa shape index (κ3) is 29.4. The van der Waals surface area contributed by atoms with Crippen molar-refractivity contribution in [2.75, 3.05) is 0 Å². The smallest absolute Gasteiger partial charge is 0.485 e. The second-order valence-electron chi connectivity index (χ2n) is 3.49. The molecule has 1 rings (SSSR count). The van der Waals surface area contributed by atoms with E-state index in [9.17, 15) is 13.2 Å². The molecule has 0 saturated carbocycles. The normalized spacial score (nSPS) is 12.5. The SMILES string of the molecule is C1=CCCCCC=C1.CC#N.CC#N.O=S(=O)([O-])C(F)(F)F.[Rh]. The number of rotatable bonds is 0. The van der Waals surface area contributed by atoms with Crippen molar-refractivity contribution in [1.29, 1.82) is 10.5 Å². The Balaban J connectivity index is -0.000000114. The van der Waals surface area contributed by atoms with Gasteiger partial charge in [-0.1, -0.05) is 24.3 Å². The Morgan fingerprint density at radius 1 is 1.00 bits per heavy atom. The van der Waals surface area contributed by atoms with Crippen LogP contribution in [-0.2, 0) is 29.6 Å². The Morgan fingerprint density at radius 3 is 1.39 bits per heavy atom. The van der Waals surface area contributed by atoms with Crippen molar-refractivity contribution >= 4 is 10.1 Å². The molecule has 1 aliphatic carbocycles. The summed E-state index contributed by atoms with van der Waals surface area (Å²) in [5, 5.41) is 14.6. The molecule has 0 aromatic carbocycles. The van der Waals surface area contributed by atoms with Gasteiger partial charge in [0.25, 0.3) is 0 Å². The van der Waals surface area contributed by atoms with Gasteiger partial charge in [0.1, 0.15) is 0 Å². The fraction of sp³-hybridized carbons (Fsp3) is 0.538. The van der Waals surface area contributed by atoms with E-state index in [1.165, 1.54) is 39.5 Å². The van der Waals surface area contributed by atoms with Crippen molar-refractivity contribution in [3.63, 3.8) is 0 Å². The van der Waals surface area contributed by atoms with E-state index in [0.717, 1.165) is 0 Å². The summed E-state index contributed by atoms with van der Waals surface area (Å²) in [4.78, 5) is 0. The van der Waals surface area contributed by atoms with E-state index in [2.05, 4.69) is 24.3 Å². The van der Waals surface area contributed by atoms with Crippen LogP contribution in [0.1, 0.15) is 39.5 Å². The molecule has 0 spiro atoms. The summed E-state index contributed by atoms with van der Waals surface area (Å²) in [5.41, 5.74) is -5.65. The Labute approximate surface area is 148 Å². The molecular formula is C13H18F3N2O3RhS-. The zero-order valence-corrected chi connectivity index (χ0v) is 15.1. The molecule has 0 aromatic heterocycles. The largest absolute Gasteiger partial charge is 0.741 e. The average Bonchev–Trinajstić information content (AvgIpc) is 2.27. The van der Waals surface area contributed by atoms with Gasteiger partial charge in [0.2, 0.25) is 0 Å². The van der Waals surface area contributed by atoms with Crippen LogP contribution < -0.4 is 0 Å². The Hall–Kier alpha value is -1.22. The van der Waals surface area contributed by atoms with Gasteiger partial charge in [0, 0.05) is 33.3 Å². The minimum absolute atomic E-state index is 0. The van der Waals surface area contributed by atoms with Gasteiger partial charge in [-0.3, -0.25) is 0 Å². The van der Waals surface area contributed by atoms with Gasteiger partial charge in [0.15, 0.2) is 10.1 Å². The van der Waals surface area contributed by atoms with Crippen LogP contribution in [-0.4, -0.2) is 18.5 Å². The van der Waals surface area contributed by atoms with Crippen LogP contribution in [0.15, 0.2) is 24.3 Å². The average molecular weight is 442 g/mol. The predicted octanol–water partition coefficient (Wildman–Crippen LogP) is 3.78. The number of nitrogens with zero attached hydrogens (tertiary/aromatic N) is 2. The molecule has 135 valence electrons. The molecule has 1 aliphatic rings. The third-order valence-electron chi connectivity index (χ3n) is 1.66. The molecule has 0 atom stereocenters. The van der Waals surface area contributed by atoms with Crippen LogP contribution >= 0.6 is 0 Å². The molecule has 0 fully saturated rings. The first-order valence-electron chi connectivity index (χ1n) is 6.03. The standard InChI is InChI=1S/C8H12.2C2H3N.CHF3O3S.Rh/c1-2-4-6-8-7-5-3-1;2*1-2-3;2-1(3,4)8(5,6)7;/h1-4H,5-8H2;2*1H3;(H,5,6,7);/p-1. The van der Waals surface area contributed by atoms with E-state index in [0.29, 0.717) is 0 Å². The van der Waals surface area contributed by atoms with E-state index in [1.54, 1.807) is 12.1 Å². The van der Waals surface area contributed by atoms with Gasteiger partial charge in [0.05, 0.1) is 12.1 Å². The molecule has 0 bridgehead atoms. The Kier molecular flexibility index (Phi) is 24.4. The van der Waals surface area contributed by atoms with Crippen molar-refractivity contribution in [1.82, 2.24) is 0 Å². The minimum Gasteiger partial charge on any atom is -0.741 e. The van der Waals surface area contributed by atoms with Gasteiger partial charge in [-0.25, -0.2) is 8.42 Å². The van der Waals surface area contributed by atoms with Gasteiger partial charge in [-0.15, -0.1) is 0 Å². The van der Waals surface area contributed by atoms with E-state index in [1.807, 2.05) is 0 Å². The maximum Gasteiger partial charge on any atom is 0.485 e. The van der Waals surface area contributed by atoms with Crippen LogP contribution in [0.4, 0.5) is 13.2 Å². The molecule has 5 nitrogen and oxygen atoms in total. The molecule has 0 N–H and O–H groups in total. The summed E-state index contributed by atoms with van der Waals surface area (Å²) in [6.45, 7) is 2.86. The van der Waals surface area contributed by atoms with Crippen LogP contribution in [0.5, 0.6) is 0 Å². The van der Waals surface area contributed by atoms with Crippen molar-refractivity contribution in [2.24, 2.45) is 0 Å². The monoisotopic (exact) mass is 442 g/mol. The Bertz CT molecular complexity index is 478. The number of halogens is 3. The fourth-order valence-corrected chi connectivity index (χ4v) is 0.874. The summed E-state index contributed by atoms with van der Waals surface area (Å²) in [5.74, 6) is 0. The van der Waals surface area contributed by atoms with Crippen molar-refractivity contribution in [3.8, 4) is 12.1 Å². The van der Waals surface area contributed by atoms with E-state index in [4.69, 9.17) is 23.5 Å². The molecular weight excluding hydrogens is 424 g/mol. The van der Waals surface area contributed by atoms with E-state index in [-0.39, 0.29) is 19.5 Å². The molecule has 0 unspecified atom stereocenters. The van der Waals surface area contributed by atoms with Crippen LogP contribution in [0.25, 0.3) is 0 Å². The van der Waals surface area contributed by atoms with Crippen LogP contribution in [0, 0.1) is 22.7 Å². The van der Waals surface area contributed by atoms with Gasteiger partial charge < -0.3 is 4.55 Å². The molecule has 0 heterocycles. The quantitative estimate of drug-likeness (QED) is 0.323. The maximum atomic E-state index is 10.7. The molecule has 23 heavy (non-hydrogen) atoms.